The van der Waals surface area contributed by atoms with E-state index in [2.05, 4.69) is 20.9 Å². The van der Waals surface area contributed by atoms with E-state index in [9.17, 15) is 4.39 Å². The van der Waals surface area contributed by atoms with Crippen molar-refractivity contribution in [1.82, 2.24) is 9.55 Å². The molecule has 5 heteroatoms. The third kappa shape index (κ3) is 1.71. The highest BCUT2D eigenvalue weighted by Crippen LogP contribution is 2.32. The normalized spacial score (nSPS) is 10.8. The van der Waals surface area contributed by atoms with Crippen LogP contribution in [0.5, 0.6) is 0 Å². The van der Waals surface area contributed by atoms with Gasteiger partial charge < -0.3 is 10.3 Å². The number of nitrogens with zero attached hydrogens (tertiary/aromatic N) is 2. The molecular weight excluding hydrogens is 273 g/mol. The van der Waals surface area contributed by atoms with Crippen LogP contribution in [0.4, 0.5) is 10.2 Å². The van der Waals surface area contributed by atoms with E-state index < -0.39 is 0 Å². The molecule has 0 bridgehead atoms. The molecule has 3 nitrogen and oxygen atoms in total. The van der Waals surface area contributed by atoms with Crippen molar-refractivity contribution in [2.75, 3.05) is 5.73 Å². The van der Waals surface area contributed by atoms with Crippen molar-refractivity contribution in [1.29, 1.82) is 0 Å². The first-order valence-electron chi connectivity index (χ1n) is 4.75. The number of hydrogen-bond donors (Lipinski definition) is 1. The lowest BCUT2D eigenvalue weighted by atomic mass is 10.1. The molecule has 0 aliphatic heterocycles. The van der Waals surface area contributed by atoms with Crippen LogP contribution in [0.3, 0.4) is 0 Å². The zero-order valence-electron chi connectivity index (χ0n) is 8.96. The van der Waals surface area contributed by atoms with Gasteiger partial charge in [-0.05, 0) is 41.1 Å². The molecule has 0 aliphatic carbocycles. The third-order valence-electron chi connectivity index (χ3n) is 2.55. The summed E-state index contributed by atoms with van der Waals surface area (Å²) in [6, 6.07) is 4.46. The van der Waals surface area contributed by atoms with Gasteiger partial charge in [0.1, 0.15) is 23.2 Å². The van der Waals surface area contributed by atoms with E-state index >= 15 is 0 Å². The van der Waals surface area contributed by atoms with Gasteiger partial charge in [-0.2, -0.15) is 0 Å². The number of halogens is 2. The second-order valence-electron chi connectivity index (χ2n) is 3.58. The molecule has 1 heterocycles. The first kappa shape index (κ1) is 11.1. The van der Waals surface area contributed by atoms with Crippen LogP contribution >= 0.6 is 15.9 Å². The summed E-state index contributed by atoms with van der Waals surface area (Å²) >= 11 is 3.31. The average molecular weight is 284 g/mol. The lowest BCUT2D eigenvalue weighted by molar-refractivity contribution is 0.627. The minimum Gasteiger partial charge on any atom is -0.383 e. The van der Waals surface area contributed by atoms with Crippen LogP contribution in [-0.2, 0) is 7.05 Å². The summed E-state index contributed by atoms with van der Waals surface area (Å²) in [7, 11) is 1.85. The van der Waals surface area contributed by atoms with Gasteiger partial charge >= 0.3 is 0 Å². The largest absolute Gasteiger partial charge is 0.383 e. The fraction of sp³-hybridized carbons (Fsp3) is 0.182. The Bertz CT molecular complexity index is 548. The molecule has 0 unspecified atom stereocenters. The molecule has 0 amide bonds. The summed E-state index contributed by atoms with van der Waals surface area (Å²) in [5, 5.41) is 0. The van der Waals surface area contributed by atoms with Crippen molar-refractivity contribution in [3.05, 3.63) is 34.3 Å². The minimum atomic E-state index is -0.290. The Morgan fingerprint density at radius 1 is 1.44 bits per heavy atom. The number of nitrogen functional groups attached to an aromatic ring is 1. The van der Waals surface area contributed by atoms with Crippen molar-refractivity contribution >= 4 is 21.7 Å². The van der Waals surface area contributed by atoms with Gasteiger partial charge in [-0.15, -0.1) is 0 Å². The molecule has 0 aliphatic rings. The molecule has 0 saturated carbocycles. The summed E-state index contributed by atoms with van der Waals surface area (Å²) in [4.78, 5) is 4.36. The van der Waals surface area contributed by atoms with Crippen LogP contribution in [0.15, 0.2) is 22.7 Å². The number of imidazole rings is 1. The maximum Gasteiger partial charge on any atom is 0.131 e. The Kier molecular flexibility index (Phi) is 2.71. The predicted octanol–water partition coefficient (Wildman–Crippen LogP) is 2.88. The van der Waals surface area contributed by atoms with Crippen LogP contribution in [0.1, 0.15) is 5.82 Å². The average Bonchev–Trinajstić information content (AvgIpc) is 2.46. The van der Waals surface area contributed by atoms with Crippen LogP contribution in [0.25, 0.3) is 11.3 Å². The second kappa shape index (κ2) is 3.90. The Morgan fingerprint density at radius 3 is 2.62 bits per heavy atom. The highest BCUT2D eigenvalue weighted by molar-refractivity contribution is 9.10. The van der Waals surface area contributed by atoms with Crippen LogP contribution in [0.2, 0.25) is 0 Å². The quantitative estimate of drug-likeness (QED) is 0.875. The van der Waals surface area contributed by atoms with Gasteiger partial charge in [0.15, 0.2) is 0 Å². The maximum atomic E-state index is 13.0. The lowest BCUT2D eigenvalue weighted by Gasteiger charge is -2.03. The molecule has 16 heavy (non-hydrogen) atoms. The standard InChI is InChI=1S/C11H11BrFN3/c1-6-15-10(11(14)16(6)2)8-4-3-7(13)5-9(8)12/h3-5H,14H2,1-2H3. The van der Waals surface area contributed by atoms with Gasteiger partial charge in [-0.3, -0.25) is 0 Å². The second-order valence-corrected chi connectivity index (χ2v) is 4.43. The van der Waals surface area contributed by atoms with Gasteiger partial charge in [0.2, 0.25) is 0 Å². The van der Waals surface area contributed by atoms with E-state index in [4.69, 9.17) is 5.73 Å². The SMILES string of the molecule is Cc1nc(-c2ccc(F)cc2Br)c(N)n1C. The third-order valence-corrected chi connectivity index (χ3v) is 3.21. The first-order chi connectivity index (χ1) is 7.50. The monoisotopic (exact) mass is 283 g/mol. The fourth-order valence-corrected chi connectivity index (χ4v) is 2.05. The lowest BCUT2D eigenvalue weighted by Crippen LogP contribution is -1.98. The molecule has 1 aromatic heterocycles. The van der Waals surface area contributed by atoms with E-state index in [-0.39, 0.29) is 5.82 Å². The number of aryl methyl sites for hydroxylation is 1. The summed E-state index contributed by atoms with van der Waals surface area (Å²) in [5.74, 6) is 1.11. The summed E-state index contributed by atoms with van der Waals surface area (Å²) in [5.41, 5.74) is 7.40. The molecule has 2 N–H and O–H groups in total. The summed E-state index contributed by atoms with van der Waals surface area (Å²) < 4.78 is 15.4. The number of anilines is 1. The Morgan fingerprint density at radius 2 is 2.12 bits per heavy atom. The zero-order valence-corrected chi connectivity index (χ0v) is 10.5. The van der Waals surface area contributed by atoms with Crippen molar-refractivity contribution in [2.45, 2.75) is 6.92 Å². The zero-order chi connectivity index (χ0) is 11.9. The summed E-state index contributed by atoms with van der Waals surface area (Å²) in [6.45, 7) is 1.87. The first-order valence-corrected chi connectivity index (χ1v) is 5.54. The summed E-state index contributed by atoms with van der Waals surface area (Å²) in [6.07, 6.45) is 0. The molecule has 84 valence electrons. The molecule has 2 rings (SSSR count). The van der Waals surface area contributed by atoms with Gasteiger partial charge in [-0.1, -0.05) is 0 Å². The Balaban J connectivity index is 2.63. The molecule has 2 aromatic rings. The smallest absolute Gasteiger partial charge is 0.131 e. The van der Waals surface area contributed by atoms with Crippen LogP contribution < -0.4 is 5.73 Å². The molecule has 1 aromatic carbocycles. The van der Waals surface area contributed by atoms with E-state index in [1.54, 1.807) is 10.6 Å². The minimum absolute atomic E-state index is 0.290. The molecule has 0 spiro atoms. The number of hydrogen-bond acceptors (Lipinski definition) is 2. The van der Waals surface area contributed by atoms with Gasteiger partial charge in [-0.25, -0.2) is 9.37 Å². The highest BCUT2D eigenvalue weighted by atomic mass is 79.9. The maximum absolute atomic E-state index is 13.0. The molecular formula is C11H11BrFN3. The van der Waals surface area contributed by atoms with Crippen LogP contribution in [-0.4, -0.2) is 9.55 Å². The van der Waals surface area contributed by atoms with Gasteiger partial charge in [0, 0.05) is 17.1 Å². The number of aromatic nitrogens is 2. The fourth-order valence-electron chi connectivity index (χ4n) is 1.51. The number of benzene rings is 1. The van der Waals surface area contributed by atoms with Gasteiger partial charge in [0.25, 0.3) is 0 Å². The number of rotatable bonds is 1. The van der Waals surface area contributed by atoms with E-state index in [0.717, 1.165) is 11.4 Å². The van der Waals surface area contributed by atoms with Gasteiger partial charge in [0.05, 0.1) is 0 Å². The van der Waals surface area contributed by atoms with Crippen LogP contribution in [0, 0.1) is 12.7 Å². The molecule has 0 fully saturated rings. The molecule has 0 saturated heterocycles. The molecule has 0 radical (unpaired) electrons. The predicted molar refractivity (Wildman–Crippen MR) is 65.5 cm³/mol. The van der Waals surface area contributed by atoms with Crippen molar-refractivity contribution < 1.29 is 4.39 Å². The van der Waals surface area contributed by atoms with Crippen molar-refractivity contribution in [3.8, 4) is 11.3 Å². The highest BCUT2D eigenvalue weighted by Gasteiger charge is 2.13. The number of nitrogens with two attached hydrogens (primary N) is 1. The Hall–Kier alpha value is -1.36. The van der Waals surface area contributed by atoms with E-state index in [0.29, 0.717) is 16.0 Å². The Labute approximate surface area is 101 Å². The van der Waals surface area contributed by atoms with E-state index in [1.165, 1.54) is 12.1 Å². The molecule has 0 atom stereocenters. The van der Waals surface area contributed by atoms with Crippen molar-refractivity contribution in [2.24, 2.45) is 7.05 Å². The van der Waals surface area contributed by atoms with Crippen molar-refractivity contribution in [3.63, 3.8) is 0 Å². The topological polar surface area (TPSA) is 43.8 Å². The van der Waals surface area contributed by atoms with E-state index in [1.807, 2.05) is 14.0 Å².